The molecule has 112 valence electrons. The van der Waals surface area contributed by atoms with Crippen LogP contribution < -0.4 is 0 Å². The highest BCUT2D eigenvalue weighted by Gasteiger charge is 2.20. The maximum atomic E-state index is 11.6. The van der Waals surface area contributed by atoms with Crippen molar-refractivity contribution in [3.63, 3.8) is 0 Å². The third-order valence-electron chi connectivity index (χ3n) is 2.81. The Morgan fingerprint density at radius 3 is 2.67 bits per heavy atom. The first-order valence-corrected chi connectivity index (χ1v) is 6.76. The standard InChI is InChI=1S/C13H13Cl2N3O3/c1-20-7-11-12(13(19)21-2)16-17-18(11)6-8-3-4-9(14)10(15)5-8/h3-5H,6-7H2,1-2H3. The summed E-state index contributed by atoms with van der Waals surface area (Å²) >= 11 is 11.9. The predicted octanol–water partition coefficient (Wildman–Crippen LogP) is 2.57. The van der Waals surface area contributed by atoms with Crippen LogP contribution in [0.4, 0.5) is 0 Å². The molecule has 0 fully saturated rings. The van der Waals surface area contributed by atoms with Crippen LogP contribution in [0.2, 0.25) is 10.0 Å². The van der Waals surface area contributed by atoms with E-state index in [2.05, 4.69) is 15.0 Å². The maximum absolute atomic E-state index is 11.6. The molecule has 0 atom stereocenters. The Hall–Kier alpha value is -1.63. The van der Waals surface area contributed by atoms with Crippen molar-refractivity contribution < 1.29 is 14.3 Å². The van der Waals surface area contributed by atoms with Crippen molar-refractivity contribution in [1.29, 1.82) is 0 Å². The number of ether oxygens (including phenoxy) is 2. The lowest BCUT2D eigenvalue weighted by Gasteiger charge is -2.07. The van der Waals surface area contributed by atoms with Gasteiger partial charge in [0.15, 0.2) is 5.69 Å². The van der Waals surface area contributed by atoms with Crippen LogP contribution in [-0.2, 0) is 22.6 Å². The average Bonchev–Trinajstić information content (AvgIpc) is 2.85. The number of rotatable bonds is 5. The third-order valence-corrected chi connectivity index (χ3v) is 3.55. The third kappa shape index (κ3) is 3.53. The van der Waals surface area contributed by atoms with E-state index < -0.39 is 5.97 Å². The van der Waals surface area contributed by atoms with Gasteiger partial charge in [0.25, 0.3) is 0 Å². The lowest BCUT2D eigenvalue weighted by molar-refractivity contribution is 0.0588. The molecule has 2 aromatic rings. The first kappa shape index (κ1) is 15.8. The molecule has 0 aliphatic rings. The summed E-state index contributed by atoms with van der Waals surface area (Å²) in [5.74, 6) is -0.553. The van der Waals surface area contributed by atoms with Gasteiger partial charge in [-0.1, -0.05) is 34.5 Å². The molecular formula is C13H13Cl2N3O3. The quantitative estimate of drug-likeness (QED) is 0.788. The number of aromatic nitrogens is 3. The van der Waals surface area contributed by atoms with Crippen molar-refractivity contribution in [3.8, 4) is 0 Å². The van der Waals surface area contributed by atoms with Crippen molar-refractivity contribution in [1.82, 2.24) is 15.0 Å². The van der Waals surface area contributed by atoms with Gasteiger partial charge in [-0.25, -0.2) is 9.48 Å². The van der Waals surface area contributed by atoms with Crippen LogP contribution >= 0.6 is 23.2 Å². The molecular weight excluding hydrogens is 317 g/mol. The van der Waals surface area contributed by atoms with Crippen LogP contribution in [0.3, 0.4) is 0 Å². The van der Waals surface area contributed by atoms with E-state index >= 15 is 0 Å². The fourth-order valence-corrected chi connectivity index (χ4v) is 2.13. The van der Waals surface area contributed by atoms with Gasteiger partial charge >= 0.3 is 5.97 Å². The number of hydrogen-bond donors (Lipinski definition) is 0. The van der Waals surface area contributed by atoms with Crippen LogP contribution in [0.25, 0.3) is 0 Å². The summed E-state index contributed by atoms with van der Waals surface area (Å²) in [6.45, 7) is 0.582. The number of methoxy groups -OCH3 is 2. The number of carbonyl (C=O) groups is 1. The Kier molecular flexibility index (Phi) is 5.17. The molecule has 2 rings (SSSR count). The Morgan fingerprint density at radius 1 is 1.29 bits per heavy atom. The molecule has 0 amide bonds. The molecule has 1 heterocycles. The normalized spacial score (nSPS) is 10.7. The van der Waals surface area contributed by atoms with Crippen LogP contribution in [0.5, 0.6) is 0 Å². The second-order valence-corrected chi connectivity index (χ2v) is 5.03. The van der Waals surface area contributed by atoms with Crippen molar-refractivity contribution in [2.24, 2.45) is 0 Å². The van der Waals surface area contributed by atoms with Gasteiger partial charge < -0.3 is 9.47 Å². The molecule has 0 aliphatic heterocycles. The predicted molar refractivity (Wildman–Crippen MR) is 77.6 cm³/mol. The number of nitrogens with zero attached hydrogens (tertiary/aromatic N) is 3. The van der Waals surface area contributed by atoms with E-state index in [9.17, 15) is 4.79 Å². The van der Waals surface area contributed by atoms with E-state index in [4.69, 9.17) is 27.9 Å². The highest BCUT2D eigenvalue weighted by atomic mass is 35.5. The summed E-state index contributed by atoms with van der Waals surface area (Å²) in [7, 11) is 2.81. The van der Waals surface area contributed by atoms with E-state index in [0.29, 0.717) is 22.3 Å². The minimum atomic E-state index is -0.553. The van der Waals surface area contributed by atoms with Crippen LogP contribution in [0, 0.1) is 0 Å². The van der Waals surface area contributed by atoms with E-state index in [0.717, 1.165) is 5.56 Å². The van der Waals surface area contributed by atoms with Crippen LogP contribution in [0.15, 0.2) is 18.2 Å². The van der Waals surface area contributed by atoms with Gasteiger partial charge in [0.05, 0.1) is 36.0 Å². The monoisotopic (exact) mass is 329 g/mol. The highest BCUT2D eigenvalue weighted by Crippen LogP contribution is 2.23. The van der Waals surface area contributed by atoms with Gasteiger partial charge in [-0.2, -0.15) is 0 Å². The second-order valence-electron chi connectivity index (χ2n) is 4.22. The van der Waals surface area contributed by atoms with E-state index in [-0.39, 0.29) is 12.3 Å². The summed E-state index contributed by atoms with van der Waals surface area (Å²) in [4.78, 5) is 11.6. The summed E-state index contributed by atoms with van der Waals surface area (Å²) in [5, 5.41) is 8.73. The minimum Gasteiger partial charge on any atom is -0.464 e. The molecule has 0 unspecified atom stereocenters. The van der Waals surface area contributed by atoms with Crippen molar-refractivity contribution in [2.45, 2.75) is 13.2 Å². The van der Waals surface area contributed by atoms with Crippen LogP contribution in [0.1, 0.15) is 21.7 Å². The Labute approximate surface area is 131 Å². The summed E-state index contributed by atoms with van der Waals surface area (Å²) in [6.07, 6.45) is 0. The summed E-state index contributed by atoms with van der Waals surface area (Å²) < 4.78 is 11.3. The number of halogens is 2. The molecule has 0 saturated carbocycles. The van der Waals surface area contributed by atoms with Crippen molar-refractivity contribution >= 4 is 29.2 Å². The van der Waals surface area contributed by atoms with Gasteiger partial charge in [-0.05, 0) is 17.7 Å². The topological polar surface area (TPSA) is 66.2 Å². The molecule has 0 aliphatic carbocycles. The van der Waals surface area contributed by atoms with E-state index in [1.54, 1.807) is 16.8 Å². The summed E-state index contributed by atoms with van der Waals surface area (Å²) in [5.41, 5.74) is 1.55. The van der Waals surface area contributed by atoms with Crippen molar-refractivity contribution in [2.75, 3.05) is 14.2 Å². The molecule has 21 heavy (non-hydrogen) atoms. The van der Waals surface area contributed by atoms with Gasteiger partial charge in [0.1, 0.15) is 0 Å². The maximum Gasteiger partial charge on any atom is 0.360 e. The summed E-state index contributed by atoms with van der Waals surface area (Å²) in [6, 6.07) is 5.26. The second kappa shape index (κ2) is 6.89. The zero-order valence-electron chi connectivity index (χ0n) is 11.5. The van der Waals surface area contributed by atoms with Gasteiger partial charge in [-0.3, -0.25) is 0 Å². The zero-order valence-corrected chi connectivity index (χ0v) is 13.0. The molecule has 0 bridgehead atoms. The van der Waals surface area contributed by atoms with Crippen LogP contribution in [-0.4, -0.2) is 35.2 Å². The molecule has 1 aromatic carbocycles. The molecule has 0 radical (unpaired) electrons. The number of hydrogen-bond acceptors (Lipinski definition) is 5. The SMILES string of the molecule is COCc1c(C(=O)OC)nnn1Cc1ccc(Cl)c(Cl)c1. The number of benzene rings is 1. The smallest absolute Gasteiger partial charge is 0.360 e. The Morgan fingerprint density at radius 2 is 2.05 bits per heavy atom. The fraction of sp³-hybridized carbons (Fsp3) is 0.308. The molecule has 8 heteroatoms. The number of esters is 1. The van der Waals surface area contributed by atoms with Gasteiger partial charge in [0, 0.05) is 7.11 Å². The lowest BCUT2D eigenvalue weighted by Crippen LogP contribution is -2.11. The Bertz CT molecular complexity index is 658. The van der Waals surface area contributed by atoms with Gasteiger partial charge in [0.2, 0.25) is 0 Å². The largest absolute Gasteiger partial charge is 0.464 e. The molecule has 0 spiro atoms. The van der Waals surface area contributed by atoms with E-state index in [1.165, 1.54) is 14.2 Å². The molecule has 1 aromatic heterocycles. The molecule has 0 saturated heterocycles. The highest BCUT2D eigenvalue weighted by molar-refractivity contribution is 6.42. The lowest BCUT2D eigenvalue weighted by atomic mass is 10.2. The van der Waals surface area contributed by atoms with Gasteiger partial charge in [-0.15, -0.1) is 5.10 Å². The van der Waals surface area contributed by atoms with E-state index in [1.807, 2.05) is 6.07 Å². The molecule has 0 N–H and O–H groups in total. The molecule has 6 nitrogen and oxygen atoms in total. The Balaban J connectivity index is 2.32. The fourth-order valence-electron chi connectivity index (χ4n) is 1.81. The first-order chi connectivity index (χ1) is 10.1. The van der Waals surface area contributed by atoms with Crippen molar-refractivity contribution in [3.05, 3.63) is 45.2 Å². The minimum absolute atomic E-state index is 0.138. The average molecular weight is 330 g/mol. The zero-order chi connectivity index (χ0) is 15.4. The number of carbonyl (C=O) groups excluding carboxylic acids is 1. The first-order valence-electron chi connectivity index (χ1n) is 6.00.